The van der Waals surface area contributed by atoms with Crippen molar-refractivity contribution in [3.05, 3.63) is 22.7 Å². The Bertz CT molecular complexity index is 583. The Labute approximate surface area is 114 Å². The number of carbonyl (C=O) groups is 1. The number of thiophene rings is 1. The molecule has 0 radical (unpaired) electrons. The van der Waals surface area contributed by atoms with E-state index >= 15 is 0 Å². The third kappa shape index (κ3) is 3.11. The van der Waals surface area contributed by atoms with Crippen LogP contribution in [0.4, 0.5) is 13.2 Å². The largest absolute Gasteiger partial charge is 0.416 e. The lowest BCUT2D eigenvalue weighted by atomic mass is 10.3. The number of nitrogens with zero attached hydrogens (tertiary/aromatic N) is 4. The van der Waals surface area contributed by atoms with Gasteiger partial charge in [0.15, 0.2) is 6.10 Å². The van der Waals surface area contributed by atoms with Crippen molar-refractivity contribution in [2.75, 3.05) is 6.54 Å². The lowest BCUT2D eigenvalue weighted by Gasteiger charge is -2.14. The Morgan fingerprint density at radius 1 is 1.55 bits per heavy atom. The Kier molecular flexibility index (Phi) is 3.99. The van der Waals surface area contributed by atoms with Gasteiger partial charge in [-0.2, -0.15) is 17.9 Å². The molecule has 7 nitrogen and oxygen atoms in total. The minimum absolute atomic E-state index is 0.145. The van der Waals surface area contributed by atoms with E-state index in [1.165, 1.54) is 11.0 Å². The van der Waals surface area contributed by atoms with Crippen molar-refractivity contribution in [3.8, 4) is 5.69 Å². The lowest BCUT2D eigenvalue weighted by molar-refractivity contribution is -0.201. The number of amides is 1. The van der Waals surface area contributed by atoms with Gasteiger partial charge in [0.05, 0.1) is 12.2 Å². The molecule has 0 bridgehead atoms. The first-order valence-corrected chi connectivity index (χ1v) is 6.11. The highest BCUT2D eigenvalue weighted by Gasteiger charge is 2.38. The molecule has 2 aromatic heterocycles. The molecule has 0 saturated carbocycles. The van der Waals surface area contributed by atoms with E-state index < -0.39 is 24.7 Å². The summed E-state index contributed by atoms with van der Waals surface area (Å²) in [6.07, 6.45) is -6.13. The van der Waals surface area contributed by atoms with Crippen LogP contribution < -0.4 is 5.32 Å². The number of tetrazole rings is 1. The van der Waals surface area contributed by atoms with Gasteiger partial charge in [-0.05, 0) is 21.9 Å². The van der Waals surface area contributed by atoms with Gasteiger partial charge in [0, 0.05) is 0 Å². The van der Waals surface area contributed by atoms with Crippen molar-refractivity contribution in [1.82, 2.24) is 25.5 Å². The van der Waals surface area contributed by atoms with Gasteiger partial charge >= 0.3 is 6.18 Å². The summed E-state index contributed by atoms with van der Waals surface area (Å²) >= 11 is 1.02. The van der Waals surface area contributed by atoms with E-state index in [4.69, 9.17) is 5.11 Å². The molecular formula is C9H8F3N5O2S. The molecule has 0 fully saturated rings. The fraction of sp³-hybridized carbons (Fsp3) is 0.333. The minimum atomic E-state index is -4.78. The second kappa shape index (κ2) is 5.54. The van der Waals surface area contributed by atoms with E-state index in [9.17, 15) is 18.0 Å². The van der Waals surface area contributed by atoms with Crippen LogP contribution in [-0.2, 0) is 0 Å². The number of nitrogens with one attached hydrogen (secondary N) is 1. The summed E-state index contributed by atoms with van der Waals surface area (Å²) in [5.74, 6) is -0.742. The number of carbonyl (C=O) groups excluding carboxylic acids is 1. The molecule has 0 spiro atoms. The van der Waals surface area contributed by atoms with Gasteiger partial charge in [0.1, 0.15) is 11.2 Å². The van der Waals surface area contributed by atoms with Crippen LogP contribution in [0.5, 0.6) is 0 Å². The molecule has 0 aromatic carbocycles. The molecule has 2 aromatic rings. The van der Waals surface area contributed by atoms with Gasteiger partial charge in [-0.3, -0.25) is 4.79 Å². The smallest absolute Gasteiger partial charge is 0.382 e. The topological polar surface area (TPSA) is 92.9 Å². The quantitative estimate of drug-likeness (QED) is 0.851. The second-order valence-electron chi connectivity index (χ2n) is 3.66. The number of hydrogen-bond donors (Lipinski definition) is 2. The number of aliphatic hydroxyl groups excluding tert-OH is 1. The molecule has 2 rings (SSSR count). The molecule has 0 saturated heterocycles. The molecule has 1 atom stereocenters. The van der Waals surface area contributed by atoms with Crippen molar-refractivity contribution in [3.63, 3.8) is 0 Å². The van der Waals surface area contributed by atoms with E-state index in [1.54, 1.807) is 11.4 Å². The molecular weight excluding hydrogens is 299 g/mol. The first-order valence-electron chi connectivity index (χ1n) is 5.23. The normalized spacial score (nSPS) is 13.2. The summed E-state index contributed by atoms with van der Waals surface area (Å²) in [5.41, 5.74) is 0.346. The minimum Gasteiger partial charge on any atom is -0.382 e. The van der Waals surface area contributed by atoms with Crippen molar-refractivity contribution in [2.24, 2.45) is 0 Å². The average Bonchev–Trinajstić information content (AvgIpc) is 3.03. The van der Waals surface area contributed by atoms with Crippen molar-refractivity contribution < 1.29 is 23.1 Å². The Balaban J connectivity index is 2.06. The highest BCUT2D eigenvalue weighted by molar-refractivity contribution is 7.12. The molecule has 20 heavy (non-hydrogen) atoms. The molecule has 0 aliphatic carbocycles. The van der Waals surface area contributed by atoms with Gasteiger partial charge in [-0.1, -0.05) is 0 Å². The maximum Gasteiger partial charge on any atom is 0.416 e. The zero-order valence-electron chi connectivity index (χ0n) is 9.70. The third-order valence-corrected chi connectivity index (χ3v) is 3.18. The van der Waals surface area contributed by atoms with Crippen LogP contribution in [0.25, 0.3) is 5.69 Å². The predicted molar refractivity (Wildman–Crippen MR) is 61.4 cm³/mol. The average molecular weight is 307 g/mol. The van der Waals surface area contributed by atoms with Gasteiger partial charge in [0.25, 0.3) is 5.91 Å². The highest BCUT2D eigenvalue weighted by atomic mass is 32.1. The first-order chi connectivity index (χ1) is 9.39. The SMILES string of the molecule is O=C(NCC(O)C(F)(F)F)c1sccc1-n1cnnn1. The van der Waals surface area contributed by atoms with E-state index in [0.29, 0.717) is 5.69 Å². The molecule has 1 amide bonds. The number of hydrogen-bond acceptors (Lipinski definition) is 6. The van der Waals surface area contributed by atoms with Crippen LogP contribution in [0.3, 0.4) is 0 Å². The molecule has 11 heteroatoms. The molecule has 0 aliphatic heterocycles. The maximum absolute atomic E-state index is 12.1. The summed E-state index contributed by atoms with van der Waals surface area (Å²) in [6, 6.07) is 1.55. The van der Waals surface area contributed by atoms with Gasteiger partial charge < -0.3 is 10.4 Å². The Morgan fingerprint density at radius 3 is 2.90 bits per heavy atom. The maximum atomic E-state index is 12.1. The van der Waals surface area contributed by atoms with Gasteiger partial charge in [-0.25, -0.2) is 0 Å². The molecule has 108 valence electrons. The monoisotopic (exact) mass is 307 g/mol. The predicted octanol–water partition coefficient (Wildman–Crippen LogP) is 0.377. The number of halogens is 3. The van der Waals surface area contributed by atoms with E-state index in [0.717, 1.165) is 11.3 Å². The van der Waals surface area contributed by atoms with E-state index in [-0.39, 0.29) is 4.88 Å². The Hall–Kier alpha value is -2.01. The van der Waals surface area contributed by atoms with Crippen molar-refractivity contribution >= 4 is 17.2 Å². The van der Waals surface area contributed by atoms with Crippen LogP contribution in [0.1, 0.15) is 9.67 Å². The standard InChI is InChI=1S/C9H8F3N5O2S/c10-9(11,12)6(18)3-13-8(19)7-5(1-2-20-7)17-4-14-15-16-17/h1-2,4,6,18H,3H2,(H,13,19). The summed E-state index contributed by atoms with van der Waals surface area (Å²) < 4.78 is 37.6. The number of aromatic nitrogens is 4. The zero-order valence-corrected chi connectivity index (χ0v) is 10.5. The molecule has 2 heterocycles. The molecule has 2 N–H and O–H groups in total. The highest BCUT2D eigenvalue weighted by Crippen LogP contribution is 2.21. The number of alkyl halides is 3. The summed E-state index contributed by atoms with van der Waals surface area (Å²) in [6.45, 7) is -0.921. The number of aliphatic hydroxyl groups is 1. The molecule has 1 unspecified atom stereocenters. The van der Waals surface area contributed by atoms with Crippen LogP contribution in [-0.4, -0.2) is 50.0 Å². The van der Waals surface area contributed by atoms with E-state index in [1.807, 2.05) is 5.32 Å². The van der Waals surface area contributed by atoms with Gasteiger partial charge in [0.2, 0.25) is 0 Å². The Morgan fingerprint density at radius 2 is 2.30 bits per heavy atom. The first kappa shape index (κ1) is 14.4. The number of rotatable bonds is 4. The van der Waals surface area contributed by atoms with Gasteiger partial charge in [-0.15, -0.1) is 16.4 Å². The fourth-order valence-electron chi connectivity index (χ4n) is 1.31. The van der Waals surface area contributed by atoms with Crippen LogP contribution in [0.15, 0.2) is 17.8 Å². The summed E-state index contributed by atoms with van der Waals surface area (Å²) in [5, 5.41) is 22.8. The van der Waals surface area contributed by atoms with Crippen molar-refractivity contribution in [2.45, 2.75) is 12.3 Å². The molecule has 0 aliphatic rings. The van der Waals surface area contributed by atoms with Crippen LogP contribution >= 0.6 is 11.3 Å². The van der Waals surface area contributed by atoms with Crippen LogP contribution in [0.2, 0.25) is 0 Å². The third-order valence-electron chi connectivity index (χ3n) is 2.28. The lowest BCUT2D eigenvalue weighted by Crippen LogP contribution is -2.40. The summed E-state index contributed by atoms with van der Waals surface area (Å²) in [7, 11) is 0. The zero-order chi connectivity index (χ0) is 14.8. The van der Waals surface area contributed by atoms with E-state index in [2.05, 4.69) is 15.5 Å². The fourth-order valence-corrected chi connectivity index (χ4v) is 2.10. The second-order valence-corrected chi connectivity index (χ2v) is 4.57. The summed E-state index contributed by atoms with van der Waals surface area (Å²) in [4.78, 5) is 11.9. The van der Waals surface area contributed by atoms with Crippen molar-refractivity contribution in [1.29, 1.82) is 0 Å². The van der Waals surface area contributed by atoms with Crippen LogP contribution in [0, 0.1) is 0 Å².